The summed E-state index contributed by atoms with van der Waals surface area (Å²) < 4.78 is 5.61. The average molecular weight is 437 g/mol. The van der Waals surface area contributed by atoms with Gasteiger partial charge in [-0.05, 0) is 44.0 Å². The number of carbonyl (C=O) groups excluding carboxylic acids is 2. The Kier molecular flexibility index (Phi) is 8.80. The van der Waals surface area contributed by atoms with E-state index in [1.165, 1.54) is 0 Å². The molecule has 29 heavy (non-hydrogen) atoms. The van der Waals surface area contributed by atoms with E-state index in [0.29, 0.717) is 35.3 Å². The lowest BCUT2D eigenvalue weighted by Gasteiger charge is -2.30. The van der Waals surface area contributed by atoms with Crippen LogP contribution in [0.25, 0.3) is 0 Å². The third-order valence-corrected chi connectivity index (χ3v) is 4.99. The molecule has 1 atom stereocenters. The van der Waals surface area contributed by atoms with E-state index in [9.17, 15) is 9.59 Å². The van der Waals surface area contributed by atoms with Crippen molar-refractivity contribution >= 4 is 35.0 Å². The fraction of sp³-hybridized carbons (Fsp3) is 0.364. The summed E-state index contributed by atoms with van der Waals surface area (Å²) in [5.41, 5.74) is 2.07. The third kappa shape index (κ3) is 6.65. The zero-order chi connectivity index (χ0) is 21.4. The zero-order valence-electron chi connectivity index (χ0n) is 16.9. The smallest absolute Gasteiger partial charge is 0.261 e. The van der Waals surface area contributed by atoms with E-state index in [-0.39, 0.29) is 18.4 Å². The Morgan fingerprint density at radius 2 is 1.79 bits per heavy atom. The van der Waals surface area contributed by atoms with Crippen LogP contribution >= 0.6 is 23.2 Å². The van der Waals surface area contributed by atoms with Crippen LogP contribution in [0.3, 0.4) is 0 Å². The van der Waals surface area contributed by atoms with E-state index in [4.69, 9.17) is 27.9 Å². The van der Waals surface area contributed by atoms with Crippen molar-refractivity contribution in [1.82, 2.24) is 10.2 Å². The predicted molar refractivity (Wildman–Crippen MR) is 116 cm³/mol. The molecule has 0 spiro atoms. The molecule has 0 saturated carbocycles. The number of hydrogen-bond donors (Lipinski definition) is 1. The van der Waals surface area contributed by atoms with Gasteiger partial charge in [0.15, 0.2) is 6.61 Å². The second-order valence-electron chi connectivity index (χ2n) is 6.69. The molecule has 0 fully saturated rings. The number of amides is 2. The van der Waals surface area contributed by atoms with Crippen LogP contribution in [0, 0.1) is 6.92 Å². The normalized spacial score (nSPS) is 11.6. The van der Waals surface area contributed by atoms with Gasteiger partial charge in [-0.2, -0.15) is 0 Å². The molecule has 0 bridgehead atoms. The highest BCUT2D eigenvalue weighted by molar-refractivity contribution is 6.35. The Morgan fingerprint density at radius 3 is 2.38 bits per heavy atom. The van der Waals surface area contributed by atoms with Crippen molar-refractivity contribution < 1.29 is 14.3 Å². The fourth-order valence-corrected chi connectivity index (χ4v) is 3.38. The molecule has 0 aliphatic heterocycles. The standard InChI is InChI=1S/C22H26Cl2N2O3/c1-4-19(22(28)25-5-2)26(13-16-8-6-15(3)7-9-16)21(27)14-29-20-11-10-17(23)12-18(20)24/h6-12,19H,4-5,13-14H2,1-3H3,(H,25,28)/t19-/m1/s1. The second-order valence-corrected chi connectivity index (χ2v) is 7.53. The average Bonchev–Trinajstić information content (AvgIpc) is 2.68. The van der Waals surface area contributed by atoms with Crippen LogP contribution in [0.1, 0.15) is 31.4 Å². The number of nitrogens with zero attached hydrogens (tertiary/aromatic N) is 1. The molecule has 0 aliphatic rings. The van der Waals surface area contributed by atoms with Crippen molar-refractivity contribution in [1.29, 1.82) is 0 Å². The van der Waals surface area contributed by atoms with Gasteiger partial charge in [-0.1, -0.05) is 60.0 Å². The number of halogens is 2. The molecule has 2 amide bonds. The summed E-state index contributed by atoms with van der Waals surface area (Å²) in [5.74, 6) is -0.111. The van der Waals surface area contributed by atoms with Crippen LogP contribution in [-0.2, 0) is 16.1 Å². The number of likely N-dealkylation sites (N-methyl/N-ethyl adjacent to an activating group) is 1. The molecular formula is C22H26Cl2N2O3. The van der Waals surface area contributed by atoms with Gasteiger partial charge >= 0.3 is 0 Å². The number of hydrogen-bond acceptors (Lipinski definition) is 3. The second kappa shape index (κ2) is 11.1. The molecule has 156 valence electrons. The van der Waals surface area contributed by atoms with Crippen molar-refractivity contribution in [2.75, 3.05) is 13.2 Å². The van der Waals surface area contributed by atoms with E-state index < -0.39 is 6.04 Å². The van der Waals surface area contributed by atoms with E-state index in [2.05, 4.69) is 5.32 Å². The summed E-state index contributed by atoms with van der Waals surface area (Å²) in [5, 5.41) is 3.61. The lowest BCUT2D eigenvalue weighted by atomic mass is 10.1. The number of ether oxygens (including phenoxy) is 1. The Hall–Kier alpha value is -2.24. The molecule has 0 saturated heterocycles. The Morgan fingerprint density at radius 1 is 1.10 bits per heavy atom. The first kappa shape index (κ1) is 23.0. The predicted octanol–water partition coefficient (Wildman–Crippen LogP) is 4.62. The summed E-state index contributed by atoms with van der Waals surface area (Å²) in [6.07, 6.45) is 0.491. The van der Waals surface area contributed by atoms with E-state index >= 15 is 0 Å². The van der Waals surface area contributed by atoms with Gasteiger partial charge in [-0.15, -0.1) is 0 Å². The first-order valence-corrected chi connectivity index (χ1v) is 10.3. The molecule has 0 heterocycles. The topological polar surface area (TPSA) is 58.6 Å². The Bertz CT molecular complexity index is 840. The fourth-order valence-electron chi connectivity index (χ4n) is 2.92. The lowest BCUT2D eigenvalue weighted by Crippen LogP contribution is -2.50. The molecule has 0 radical (unpaired) electrons. The van der Waals surface area contributed by atoms with Crippen LogP contribution in [0.4, 0.5) is 0 Å². The van der Waals surface area contributed by atoms with Crippen molar-refractivity contribution in [2.45, 2.75) is 39.8 Å². The lowest BCUT2D eigenvalue weighted by molar-refractivity contribution is -0.142. The summed E-state index contributed by atoms with van der Waals surface area (Å²) in [4.78, 5) is 27.1. The summed E-state index contributed by atoms with van der Waals surface area (Å²) >= 11 is 12.0. The maximum absolute atomic E-state index is 13.0. The minimum absolute atomic E-state index is 0.181. The van der Waals surface area contributed by atoms with Gasteiger partial charge in [0.2, 0.25) is 5.91 Å². The molecule has 5 nitrogen and oxygen atoms in total. The van der Waals surface area contributed by atoms with E-state index in [1.807, 2.05) is 45.0 Å². The molecule has 0 aliphatic carbocycles. The summed E-state index contributed by atoms with van der Waals surface area (Å²) in [6.45, 7) is 6.31. The zero-order valence-corrected chi connectivity index (χ0v) is 18.4. The van der Waals surface area contributed by atoms with Crippen LogP contribution in [0.5, 0.6) is 5.75 Å². The van der Waals surface area contributed by atoms with Crippen molar-refractivity contribution in [2.24, 2.45) is 0 Å². The number of benzene rings is 2. The molecule has 0 unspecified atom stereocenters. The van der Waals surface area contributed by atoms with E-state index in [0.717, 1.165) is 11.1 Å². The third-order valence-electron chi connectivity index (χ3n) is 4.46. The van der Waals surface area contributed by atoms with Gasteiger partial charge < -0.3 is 15.0 Å². The quantitative estimate of drug-likeness (QED) is 0.623. The number of rotatable bonds is 9. The molecular weight excluding hydrogens is 411 g/mol. The van der Waals surface area contributed by atoms with E-state index in [1.54, 1.807) is 23.1 Å². The highest BCUT2D eigenvalue weighted by Crippen LogP contribution is 2.27. The van der Waals surface area contributed by atoms with Crippen molar-refractivity contribution in [3.8, 4) is 5.75 Å². The van der Waals surface area contributed by atoms with Gasteiger partial charge in [0.25, 0.3) is 5.91 Å². The monoisotopic (exact) mass is 436 g/mol. The van der Waals surface area contributed by atoms with Gasteiger partial charge in [-0.25, -0.2) is 0 Å². The maximum atomic E-state index is 13.0. The molecule has 0 aromatic heterocycles. The van der Waals surface area contributed by atoms with Crippen LogP contribution in [0.15, 0.2) is 42.5 Å². The Labute approximate surface area is 181 Å². The van der Waals surface area contributed by atoms with Crippen molar-refractivity contribution in [3.05, 3.63) is 63.6 Å². The molecule has 1 N–H and O–H groups in total. The van der Waals surface area contributed by atoms with Gasteiger partial charge in [0, 0.05) is 18.1 Å². The van der Waals surface area contributed by atoms with Crippen LogP contribution in [-0.4, -0.2) is 35.9 Å². The highest BCUT2D eigenvalue weighted by atomic mass is 35.5. The maximum Gasteiger partial charge on any atom is 0.261 e. The number of carbonyl (C=O) groups is 2. The summed E-state index contributed by atoms with van der Waals surface area (Å²) in [7, 11) is 0. The summed E-state index contributed by atoms with van der Waals surface area (Å²) in [6, 6.07) is 12.1. The highest BCUT2D eigenvalue weighted by Gasteiger charge is 2.28. The molecule has 2 rings (SSSR count). The van der Waals surface area contributed by atoms with Crippen LogP contribution in [0.2, 0.25) is 10.0 Å². The molecule has 2 aromatic rings. The SMILES string of the molecule is CCNC(=O)[C@@H](CC)N(Cc1ccc(C)cc1)C(=O)COc1ccc(Cl)cc1Cl. The minimum Gasteiger partial charge on any atom is -0.482 e. The number of aryl methyl sites for hydroxylation is 1. The van der Waals surface area contributed by atoms with Crippen molar-refractivity contribution in [3.63, 3.8) is 0 Å². The van der Waals surface area contributed by atoms with Gasteiger partial charge in [-0.3, -0.25) is 9.59 Å². The minimum atomic E-state index is -0.590. The largest absolute Gasteiger partial charge is 0.482 e. The number of nitrogens with one attached hydrogen (secondary N) is 1. The van der Waals surface area contributed by atoms with Crippen LogP contribution < -0.4 is 10.1 Å². The van der Waals surface area contributed by atoms with Gasteiger partial charge in [0.1, 0.15) is 11.8 Å². The Balaban J connectivity index is 2.20. The molecule has 2 aromatic carbocycles. The van der Waals surface area contributed by atoms with Gasteiger partial charge in [0.05, 0.1) is 5.02 Å². The first-order valence-electron chi connectivity index (χ1n) is 9.56. The first-order chi connectivity index (χ1) is 13.8. The molecule has 7 heteroatoms.